The summed E-state index contributed by atoms with van der Waals surface area (Å²) in [6.07, 6.45) is 1.22. The summed E-state index contributed by atoms with van der Waals surface area (Å²) in [5.41, 5.74) is 0. The highest BCUT2D eigenvalue weighted by Gasteiger charge is 2.06. The van der Waals surface area contributed by atoms with Crippen LogP contribution in [0.25, 0.3) is 0 Å². The third-order valence-electron chi connectivity index (χ3n) is 2.25. The molecule has 2 nitrogen and oxygen atoms in total. The standard InChI is InChI=1S/C12H11BrO2S3/c1-18(14,15)12-4-2-10(3-5-12)17-8-11-6-9(13)7-16-11/h2-7H,8H2,1H3. The van der Waals surface area contributed by atoms with Gasteiger partial charge in [0.15, 0.2) is 9.84 Å². The number of hydrogen-bond donors (Lipinski definition) is 0. The van der Waals surface area contributed by atoms with Crippen molar-refractivity contribution in [2.45, 2.75) is 15.5 Å². The van der Waals surface area contributed by atoms with Gasteiger partial charge < -0.3 is 0 Å². The van der Waals surface area contributed by atoms with E-state index >= 15 is 0 Å². The molecule has 0 saturated carbocycles. The van der Waals surface area contributed by atoms with Crippen LogP contribution in [0.15, 0.2) is 50.0 Å². The van der Waals surface area contributed by atoms with Crippen molar-refractivity contribution in [2.75, 3.05) is 6.26 Å². The van der Waals surface area contributed by atoms with Crippen molar-refractivity contribution in [1.82, 2.24) is 0 Å². The highest BCUT2D eigenvalue weighted by Crippen LogP contribution is 2.28. The molecule has 1 aromatic heterocycles. The van der Waals surface area contributed by atoms with Crippen LogP contribution in [0.5, 0.6) is 0 Å². The maximum atomic E-state index is 11.3. The first kappa shape index (κ1) is 14.1. The second kappa shape index (κ2) is 5.77. The fraction of sp³-hybridized carbons (Fsp3) is 0.167. The predicted molar refractivity (Wildman–Crippen MR) is 81.1 cm³/mol. The summed E-state index contributed by atoms with van der Waals surface area (Å²) < 4.78 is 23.7. The van der Waals surface area contributed by atoms with E-state index in [1.807, 2.05) is 12.1 Å². The van der Waals surface area contributed by atoms with Gasteiger partial charge in [0, 0.05) is 31.6 Å². The minimum atomic E-state index is -3.10. The molecule has 1 heterocycles. The number of hydrogen-bond acceptors (Lipinski definition) is 4. The lowest BCUT2D eigenvalue weighted by Gasteiger charge is -2.02. The van der Waals surface area contributed by atoms with Crippen LogP contribution in [0.3, 0.4) is 0 Å². The lowest BCUT2D eigenvalue weighted by atomic mass is 10.4. The molecule has 0 radical (unpaired) electrons. The fourth-order valence-electron chi connectivity index (χ4n) is 1.37. The summed E-state index contributed by atoms with van der Waals surface area (Å²) in [4.78, 5) is 2.73. The van der Waals surface area contributed by atoms with E-state index < -0.39 is 9.84 Å². The van der Waals surface area contributed by atoms with Crippen LogP contribution in [0.1, 0.15) is 4.88 Å². The van der Waals surface area contributed by atoms with Crippen molar-refractivity contribution in [1.29, 1.82) is 0 Å². The van der Waals surface area contributed by atoms with E-state index in [9.17, 15) is 8.42 Å². The minimum Gasteiger partial charge on any atom is -0.224 e. The maximum absolute atomic E-state index is 11.3. The molecule has 0 fully saturated rings. The number of halogens is 1. The number of sulfone groups is 1. The van der Waals surface area contributed by atoms with Gasteiger partial charge in [-0.3, -0.25) is 0 Å². The van der Waals surface area contributed by atoms with Gasteiger partial charge in [0.05, 0.1) is 4.90 Å². The van der Waals surface area contributed by atoms with E-state index in [-0.39, 0.29) is 0 Å². The molecule has 0 bridgehead atoms. The van der Waals surface area contributed by atoms with Gasteiger partial charge in [-0.1, -0.05) is 0 Å². The highest BCUT2D eigenvalue weighted by molar-refractivity contribution is 9.10. The molecule has 1 aromatic carbocycles. The zero-order valence-electron chi connectivity index (χ0n) is 9.59. The number of rotatable bonds is 4. The molecule has 0 N–H and O–H groups in total. The number of thiophene rings is 1. The van der Waals surface area contributed by atoms with Crippen LogP contribution in [-0.2, 0) is 15.6 Å². The number of benzene rings is 1. The van der Waals surface area contributed by atoms with E-state index in [0.29, 0.717) is 4.90 Å². The minimum absolute atomic E-state index is 0.366. The fourth-order valence-corrected chi connectivity index (χ4v) is 4.40. The second-order valence-electron chi connectivity index (χ2n) is 3.76. The molecule has 96 valence electrons. The van der Waals surface area contributed by atoms with Crippen molar-refractivity contribution in [3.8, 4) is 0 Å². The number of thioether (sulfide) groups is 1. The molecule has 0 aliphatic heterocycles. The Morgan fingerprint density at radius 1 is 1.28 bits per heavy atom. The molecule has 0 atom stereocenters. The molecular weight excluding hydrogens is 352 g/mol. The average Bonchev–Trinajstić information content (AvgIpc) is 2.72. The van der Waals surface area contributed by atoms with Crippen LogP contribution >= 0.6 is 39.0 Å². The molecule has 0 aliphatic carbocycles. The van der Waals surface area contributed by atoms with Gasteiger partial charge in [-0.05, 0) is 46.3 Å². The van der Waals surface area contributed by atoms with Crippen molar-refractivity contribution < 1.29 is 8.42 Å². The van der Waals surface area contributed by atoms with E-state index in [0.717, 1.165) is 15.1 Å². The van der Waals surface area contributed by atoms with Gasteiger partial charge in [-0.2, -0.15) is 0 Å². The van der Waals surface area contributed by atoms with Gasteiger partial charge in [-0.25, -0.2) is 8.42 Å². The van der Waals surface area contributed by atoms with Gasteiger partial charge in [0.1, 0.15) is 0 Å². The summed E-state index contributed by atoms with van der Waals surface area (Å²) in [7, 11) is -3.10. The van der Waals surface area contributed by atoms with Gasteiger partial charge in [0.25, 0.3) is 0 Å². The highest BCUT2D eigenvalue weighted by atomic mass is 79.9. The molecule has 2 rings (SSSR count). The third kappa shape index (κ3) is 3.85. The van der Waals surface area contributed by atoms with Crippen LogP contribution < -0.4 is 0 Å². The van der Waals surface area contributed by atoms with Crippen molar-refractivity contribution in [3.05, 3.63) is 45.1 Å². The van der Waals surface area contributed by atoms with E-state index in [2.05, 4.69) is 27.4 Å². The Labute approximate surface area is 123 Å². The molecule has 0 saturated heterocycles. The van der Waals surface area contributed by atoms with Crippen molar-refractivity contribution in [2.24, 2.45) is 0 Å². The predicted octanol–water partition coefficient (Wildman–Crippen LogP) is 4.21. The van der Waals surface area contributed by atoms with Crippen LogP contribution in [0, 0.1) is 0 Å². The van der Waals surface area contributed by atoms with Crippen LogP contribution in [0.2, 0.25) is 0 Å². The van der Waals surface area contributed by atoms with Gasteiger partial charge in [0.2, 0.25) is 0 Å². The molecular formula is C12H11BrO2S3. The van der Waals surface area contributed by atoms with Crippen molar-refractivity contribution in [3.63, 3.8) is 0 Å². The molecule has 0 aliphatic rings. The van der Waals surface area contributed by atoms with E-state index in [1.54, 1.807) is 35.2 Å². The summed E-state index contributed by atoms with van der Waals surface area (Å²) in [5.74, 6) is 0.897. The average molecular weight is 363 g/mol. The Balaban J connectivity index is 2.03. The summed E-state index contributed by atoms with van der Waals surface area (Å²) in [6, 6.07) is 9.11. The topological polar surface area (TPSA) is 34.1 Å². The molecule has 2 aromatic rings. The summed E-state index contributed by atoms with van der Waals surface area (Å²) >= 11 is 6.84. The molecule has 18 heavy (non-hydrogen) atoms. The Morgan fingerprint density at radius 2 is 1.94 bits per heavy atom. The first-order valence-corrected chi connectivity index (χ1v) is 9.66. The van der Waals surface area contributed by atoms with E-state index in [4.69, 9.17) is 0 Å². The first-order valence-electron chi connectivity index (χ1n) is 5.11. The molecule has 6 heteroatoms. The summed E-state index contributed by atoms with van der Waals surface area (Å²) in [6.45, 7) is 0. The SMILES string of the molecule is CS(=O)(=O)c1ccc(SCc2cc(Br)cs2)cc1. The molecule has 0 unspecified atom stereocenters. The lowest BCUT2D eigenvalue weighted by molar-refractivity contribution is 0.602. The Morgan fingerprint density at radius 3 is 2.44 bits per heavy atom. The zero-order valence-corrected chi connectivity index (χ0v) is 13.6. The van der Waals surface area contributed by atoms with Crippen LogP contribution in [-0.4, -0.2) is 14.7 Å². The smallest absolute Gasteiger partial charge is 0.175 e. The largest absolute Gasteiger partial charge is 0.224 e. The first-order chi connectivity index (χ1) is 8.45. The Bertz CT molecular complexity index is 630. The second-order valence-corrected chi connectivity index (χ2v) is 8.74. The van der Waals surface area contributed by atoms with Gasteiger partial charge in [-0.15, -0.1) is 23.1 Å². The quantitative estimate of drug-likeness (QED) is 0.764. The normalized spacial score (nSPS) is 11.7. The Hall–Kier alpha value is -0.300. The van der Waals surface area contributed by atoms with E-state index in [1.165, 1.54) is 11.1 Å². The van der Waals surface area contributed by atoms with Gasteiger partial charge >= 0.3 is 0 Å². The monoisotopic (exact) mass is 362 g/mol. The third-order valence-corrected chi connectivity index (χ3v) is 6.32. The maximum Gasteiger partial charge on any atom is 0.175 e. The van der Waals surface area contributed by atoms with Crippen LogP contribution in [0.4, 0.5) is 0 Å². The zero-order chi connectivity index (χ0) is 13.2. The summed E-state index contributed by atoms with van der Waals surface area (Å²) in [5, 5.41) is 2.06. The Kier molecular flexibility index (Phi) is 4.53. The molecule has 0 spiro atoms. The van der Waals surface area contributed by atoms with Crippen molar-refractivity contribution >= 4 is 48.9 Å². The molecule has 0 amide bonds. The lowest BCUT2D eigenvalue weighted by Crippen LogP contribution is -1.95.